The first kappa shape index (κ1) is 17.4. The van der Waals surface area contributed by atoms with Crippen molar-refractivity contribution in [3.8, 4) is 0 Å². The monoisotopic (exact) mass is 299 g/mol. The van der Waals surface area contributed by atoms with E-state index in [0.717, 1.165) is 13.1 Å². The van der Waals surface area contributed by atoms with Crippen LogP contribution in [0.1, 0.15) is 33.1 Å². The van der Waals surface area contributed by atoms with Gasteiger partial charge in [0.25, 0.3) is 0 Å². The van der Waals surface area contributed by atoms with Crippen LogP contribution >= 0.6 is 0 Å². The minimum Gasteiger partial charge on any atom is -0.481 e. The number of nitrogens with one attached hydrogen (secondary N) is 2. The molecular weight excluding hydrogens is 274 g/mol. The number of carboxylic acids is 1. The molecule has 0 aromatic carbocycles. The molecule has 0 bridgehead atoms. The molecule has 7 heteroatoms. The SMILES string of the molecule is CCC(CC)(CC(=O)NCC(=O)N1CCNCC1)C(=O)O. The van der Waals surface area contributed by atoms with Gasteiger partial charge in [-0.3, -0.25) is 14.4 Å². The molecular formula is C14H25N3O4. The van der Waals surface area contributed by atoms with Gasteiger partial charge in [0.1, 0.15) is 0 Å². The van der Waals surface area contributed by atoms with Crippen molar-refractivity contribution in [2.45, 2.75) is 33.1 Å². The number of carboxylic acid groups (broad SMARTS) is 1. The average molecular weight is 299 g/mol. The summed E-state index contributed by atoms with van der Waals surface area (Å²) in [5.41, 5.74) is -1.04. The lowest BCUT2D eigenvalue weighted by Crippen LogP contribution is -2.50. The van der Waals surface area contributed by atoms with Crippen molar-refractivity contribution in [3.05, 3.63) is 0 Å². The summed E-state index contributed by atoms with van der Waals surface area (Å²) in [6, 6.07) is 0. The van der Waals surface area contributed by atoms with E-state index in [1.54, 1.807) is 18.7 Å². The highest BCUT2D eigenvalue weighted by Crippen LogP contribution is 2.30. The minimum absolute atomic E-state index is 0.0675. The molecule has 1 rings (SSSR count). The van der Waals surface area contributed by atoms with Gasteiger partial charge < -0.3 is 20.6 Å². The number of nitrogens with zero attached hydrogens (tertiary/aromatic N) is 1. The van der Waals surface area contributed by atoms with E-state index in [1.807, 2.05) is 0 Å². The smallest absolute Gasteiger partial charge is 0.310 e. The fourth-order valence-electron chi connectivity index (χ4n) is 2.45. The van der Waals surface area contributed by atoms with Crippen LogP contribution in [0.2, 0.25) is 0 Å². The van der Waals surface area contributed by atoms with E-state index in [9.17, 15) is 19.5 Å². The Kier molecular flexibility index (Phi) is 6.61. The van der Waals surface area contributed by atoms with Gasteiger partial charge in [0.05, 0.1) is 12.0 Å². The van der Waals surface area contributed by atoms with Gasteiger partial charge in [0.15, 0.2) is 0 Å². The predicted octanol–water partition coefficient (Wildman–Crippen LogP) is -0.184. The van der Waals surface area contributed by atoms with E-state index in [-0.39, 0.29) is 24.8 Å². The zero-order valence-electron chi connectivity index (χ0n) is 12.8. The fraction of sp³-hybridized carbons (Fsp3) is 0.786. The number of hydrogen-bond donors (Lipinski definition) is 3. The minimum atomic E-state index is -1.04. The molecule has 1 aliphatic heterocycles. The summed E-state index contributed by atoms with van der Waals surface area (Å²) in [4.78, 5) is 36.9. The quantitative estimate of drug-likeness (QED) is 0.605. The molecule has 0 spiro atoms. The van der Waals surface area contributed by atoms with Crippen molar-refractivity contribution in [3.63, 3.8) is 0 Å². The predicted molar refractivity (Wildman–Crippen MR) is 77.7 cm³/mol. The lowest BCUT2D eigenvalue weighted by molar-refractivity contribution is -0.152. The first-order valence-electron chi connectivity index (χ1n) is 7.43. The van der Waals surface area contributed by atoms with Crippen LogP contribution in [-0.2, 0) is 14.4 Å². The fourth-order valence-corrected chi connectivity index (χ4v) is 2.45. The second-order valence-corrected chi connectivity index (χ2v) is 5.38. The van der Waals surface area contributed by atoms with E-state index in [2.05, 4.69) is 10.6 Å². The summed E-state index contributed by atoms with van der Waals surface area (Å²) in [6.45, 7) is 6.24. The second-order valence-electron chi connectivity index (χ2n) is 5.38. The summed E-state index contributed by atoms with van der Waals surface area (Å²) in [5.74, 6) is -1.47. The van der Waals surface area contributed by atoms with Gasteiger partial charge in [-0.25, -0.2) is 0 Å². The highest BCUT2D eigenvalue weighted by Gasteiger charge is 2.37. The van der Waals surface area contributed by atoms with Gasteiger partial charge in [-0.2, -0.15) is 0 Å². The van der Waals surface area contributed by atoms with Gasteiger partial charge >= 0.3 is 5.97 Å². The normalized spacial score (nSPS) is 15.6. The van der Waals surface area contributed by atoms with Crippen molar-refractivity contribution in [1.82, 2.24) is 15.5 Å². The number of aliphatic carboxylic acids is 1. The molecule has 1 fully saturated rings. The Bertz CT molecular complexity index is 388. The Morgan fingerprint density at radius 2 is 1.76 bits per heavy atom. The number of hydrogen-bond acceptors (Lipinski definition) is 4. The Hall–Kier alpha value is -1.63. The molecule has 1 saturated heterocycles. The summed E-state index contributed by atoms with van der Waals surface area (Å²) in [5, 5.41) is 15.0. The Balaban J connectivity index is 2.45. The maximum absolute atomic E-state index is 11.9. The van der Waals surface area contributed by atoms with Crippen LogP contribution in [0, 0.1) is 5.41 Å². The zero-order chi connectivity index (χ0) is 15.9. The largest absolute Gasteiger partial charge is 0.481 e. The van der Waals surface area contributed by atoms with Crippen LogP contribution < -0.4 is 10.6 Å². The molecule has 3 N–H and O–H groups in total. The number of rotatable bonds is 7. The molecule has 7 nitrogen and oxygen atoms in total. The number of amides is 2. The second kappa shape index (κ2) is 7.97. The summed E-state index contributed by atoms with van der Waals surface area (Å²) < 4.78 is 0. The lowest BCUT2D eigenvalue weighted by Gasteiger charge is -2.28. The van der Waals surface area contributed by atoms with Crippen LogP contribution in [0.4, 0.5) is 0 Å². The Morgan fingerprint density at radius 3 is 2.24 bits per heavy atom. The molecule has 120 valence electrons. The van der Waals surface area contributed by atoms with E-state index in [1.165, 1.54) is 0 Å². The van der Waals surface area contributed by atoms with Crippen LogP contribution in [0.25, 0.3) is 0 Å². The molecule has 0 aromatic rings. The Labute approximate surface area is 125 Å². The van der Waals surface area contributed by atoms with Crippen LogP contribution in [0.15, 0.2) is 0 Å². The lowest BCUT2D eigenvalue weighted by atomic mass is 9.79. The van der Waals surface area contributed by atoms with Crippen LogP contribution in [0.3, 0.4) is 0 Å². The van der Waals surface area contributed by atoms with Crippen molar-refractivity contribution in [2.75, 3.05) is 32.7 Å². The molecule has 0 aromatic heterocycles. The van der Waals surface area contributed by atoms with Crippen molar-refractivity contribution < 1.29 is 19.5 Å². The van der Waals surface area contributed by atoms with Crippen molar-refractivity contribution >= 4 is 17.8 Å². The van der Waals surface area contributed by atoms with Gasteiger partial charge in [-0.1, -0.05) is 13.8 Å². The van der Waals surface area contributed by atoms with Gasteiger partial charge in [-0.05, 0) is 12.8 Å². The molecule has 0 saturated carbocycles. The third-order valence-corrected chi connectivity index (χ3v) is 4.21. The standard InChI is InChI=1S/C14H25N3O4/c1-3-14(4-2,13(20)21)9-11(18)16-10-12(19)17-7-5-15-6-8-17/h15H,3-10H2,1-2H3,(H,16,18)(H,20,21). The van der Waals surface area contributed by atoms with Crippen LogP contribution in [-0.4, -0.2) is 60.5 Å². The number of carbonyl (C=O) groups is 3. The maximum Gasteiger partial charge on any atom is 0.310 e. The molecule has 0 aliphatic carbocycles. The van der Waals surface area contributed by atoms with Gasteiger partial charge in [0, 0.05) is 32.6 Å². The van der Waals surface area contributed by atoms with Gasteiger partial charge in [0.2, 0.25) is 11.8 Å². The summed E-state index contributed by atoms with van der Waals surface area (Å²) in [6.07, 6.45) is 0.681. The first-order valence-corrected chi connectivity index (χ1v) is 7.43. The molecule has 2 amide bonds. The summed E-state index contributed by atoms with van der Waals surface area (Å²) in [7, 11) is 0. The summed E-state index contributed by atoms with van der Waals surface area (Å²) >= 11 is 0. The molecule has 21 heavy (non-hydrogen) atoms. The molecule has 0 atom stereocenters. The highest BCUT2D eigenvalue weighted by molar-refractivity contribution is 5.88. The molecule has 1 heterocycles. The highest BCUT2D eigenvalue weighted by atomic mass is 16.4. The van der Waals surface area contributed by atoms with Gasteiger partial charge in [-0.15, -0.1) is 0 Å². The topological polar surface area (TPSA) is 98.7 Å². The Morgan fingerprint density at radius 1 is 1.19 bits per heavy atom. The molecule has 0 unspecified atom stereocenters. The van der Waals surface area contributed by atoms with E-state index in [0.29, 0.717) is 25.9 Å². The van der Waals surface area contributed by atoms with Crippen LogP contribution in [0.5, 0.6) is 0 Å². The molecule has 0 radical (unpaired) electrons. The zero-order valence-corrected chi connectivity index (χ0v) is 12.8. The average Bonchev–Trinajstić information content (AvgIpc) is 2.50. The number of carbonyl (C=O) groups excluding carboxylic acids is 2. The third-order valence-electron chi connectivity index (χ3n) is 4.21. The van der Waals surface area contributed by atoms with E-state index >= 15 is 0 Å². The molecule has 1 aliphatic rings. The van der Waals surface area contributed by atoms with E-state index < -0.39 is 11.4 Å². The van der Waals surface area contributed by atoms with Crippen molar-refractivity contribution in [2.24, 2.45) is 5.41 Å². The van der Waals surface area contributed by atoms with Crippen molar-refractivity contribution in [1.29, 1.82) is 0 Å². The maximum atomic E-state index is 11.9. The van der Waals surface area contributed by atoms with E-state index in [4.69, 9.17) is 0 Å². The first-order chi connectivity index (χ1) is 9.95. The number of piperazine rings is 1. The third kappa shape index (κ3) is 4.70.